The zero-order valence-corrected chi connectivity index (χ0v) is 9.96. The van der Waals surface area contributed by atoms with E-state index in [1.165, 1.54) is 12.1 Å². The van der Waals surface area contributed by atoms with Crippen LogP contribution < -0.4 is 0 Å². The van der Waals surface area contributed by atoms with Gasteiger partial charge in [0.05, 0.1) is 5.56 Å². The molecule has 2 aromatic rings. The van der Waals surface area contributed by atoms with Gasteiger partial charge in [-0.2, -0.15) is 13.2 Å². The monoisotopic (exact) mass is 250 g/mol. The molecule has 0 heterocycles. The molecule has 0 saturated carbocycles. The van der Waals surface area contributed by atoms with Crippen molar-refractivity contribution in [2.75, 3.05) is 0 Å². The summed E-state index contributed by atoms with van der Waals surface area (Å²) in [4.78, 5) is 0. The molecule has 3 heteroatoms. The van der Waals surface area contributed by atoms with Gasteiger partial charge in [-0.3, -0.25) is 0 Å². The minimum absolute atomic E-state index is 0.524. The third-order valence-electron chi connectivity index (χ3n) is 2.91. The van der Waals surface area contributed by atoms with E-state index in [1.807, 2.05) is 31.2 Å². The molecule has 2 rings (SSSR count). The molecule has 0 unspecified atom stereocenters. The largest absolute Gasteiger partial charge is 0.416 e. The number of aryl methyl sites for hydroxylation is 1. The van der Waals surface area contributed by atoms with E-state index in [9.17, 15) is 13.2 Å². The predicted molar refractivity (Wildman–Crippen MR) is 65.4 cm³/mol. The van der Waals surface area contributed by atoms with Crippen molar-refractivity contribution in [1.29, 1.82) is 0 Å². The summed E-state index contributed by atoms with van der Waals surface area (Å²) in [6.07, 6.45) is -3.75. The summed E-state index contributed by atoms with van der Waals surface area (Å²) < 4.78 is 37.8. The maximum Gasteiger partial charge on any atom is 0.416 e. The van der Waals surface area contributed by atoms with Gasteiger partial charge in [0.15, 0.2) is 0 Å². The van der Waals surface area contributed by atoms with E-state index in [-0.39, 0.29) is 0 Å². The molecule has 0 radical (unpaired) electrons. The average Bonchev–Trinajstić information content (AvgIpc) is 2.31. The molecule has 0 nitrogen and oxygen atoms in total. The number of hydrogen-bond acceptors (Lipinski definition) is 0. The van der Waals surface area contributed by atoms with Crippen molar-refractivity contribution in [3.8, 4) is 0 Å². The van der Waals surface area contributed by atoms with Crippen LogP contribution in [0.25, 0.3) is 0 Å². The molecule has 94 valence electrons. The summed E-state index contributed by atoms with van der Waals surface area (Å²) in [5.74, 6) is 0. The van der Waals surface area contributed by atoms with Crippen LogP contribution >= 0.6 is 0 Å². The van der Waals surface area contributed by atoms with E-state index in [2.05, 4.69) is 0 Å². The first kappa shape index (κ1) is 12.7. The zero-order valence-electron chi connectivity index (χ0n) is 9.96. The van der Waals surface area contributed by atoms with E-state index in [4.69, 9.17) is 0 Å². The number of benzene rings is 2. The van der Waals surface area contributed by atoms with Crippen LogP contribution in [0.15, 0.2) is 48.5 Å². The molecule has 0 aliphatic heterocycles. The highest BCUT2D eigenvalue weighted by atomic mass is 19.4. The van der Waals surface area contributed by atoms with E-state index in [0.29, 0.717) is 12.0 Å². The molecule has 0 aliphatic rings. The summed E-state index contributed by atoms with van der Waals surface area (Å²) >= 11 is 0. The standard InChI is InChI=1S/C15H13F3/c1-11-5-2-3-7-13(11)9-12-6-4-8-14(10-12)15(16,17)18/h2-8,10H,9H2,1H3. The van der Waals surface area contributed by atoms with Gasteiger partial charge in [0.1, 0.15) is 0 Å². The molecule has 0 aliphatic carbocycles. The summed E-state index contributed by atoms with van der Waals surface area (Å²) in [5.41, 5.74) is 2.24. The Morgan fingerprint density at radius 1 is 0.944 bits per heavy atom. The van der Waals surface area contributed by atoms with Crippen LogP contribution in [0.2, 0.25) is 0 Å². The van der Waals surface area contributed by atoms with Crippen molar-refractivity contribution in [3.63, 3.8) is 0 Å². The van der Waals surface area contributed by atoms with Gasteiger partial charge in [-0.25, -0.2) is 0 Å². The second-order valence-electron chi connectivity index (χ2n) is 4.30. The lowest BCUT2D eigenvalue weighted by Gasteiger charge is -2.10. The minimum Gasteiger partial charge on any atom is -0.166 e. The first-order valence-electron chi connectivity index (χ1n) is 5.67. The average molecular weight is 250 g/mol. The molecular weight excluding hydrogens is 237 g/mol. The topological polar surface area (TPSA) is 0 Å². The third kappa shape index (κ3) is 2.92. The summed E-state index contributed by atoms with van der Waals surface area (Å²) in [6.45, 7) is 1.96. The third-order valence-corrected chi connectivity index (χ3v) is 2.91. The molecule has 0 bridgehead atoms. The van der Waals surface area contributed by atoms with Gasteiger partial charge in [0.2, 0.25) is 0 Å². The maximum absolute atomic E-state index is 12.6. The summed E-state index contributed by atoms with van der Waals surface area (Å²) in [5, 5.41) is 0. The highest BCUT2D eigenvalue weighted by Gasteiger charge is 2.30. The summed E-state index contributed by atoms with van der Waals surface area (Å²) in [7, 11) is 0. The Morgan fingerprint density at radius 3 is 2.33 bits per heavy atom. The normalized spacial score (nSPS) is 11.6. The van der Waals surface area contributed by atoms with Crippen molar-refractivity contribution in [2.45, 2.75) is 19.5 Å². The summed E-state index contributed by atoms with van der Waals surface area (Å²) in [6, 6.07) is 13.2. The molecule has 0 amide bonds. The van der Waals surface area contributed by atoms with Gasteiger partial charge in [-0.05, 0) is 36.1 Å². The predicted octanol–water partition coefficient (Wildman–Crippen LogP) is 4.60. The van der Waals surface area contributed by atoms with E-state index in [1.54, 1.807) is 6.07 Å². The smallest absolute Gasteiger partial charge is 0.166 e. The fraction of sp³-hybridized carbons (Fsp3) is 0.200. The number of hydrogen-bond donors (Lipinski definition) is 0. The van der Waals surface area contributed by atoms with Crippen molar-refractivity contribution in [3.05, 3.63) is 70.8 Å². The van der Waals surface area contributed by atoms with Crippen LogP contribution in [0.5, 0.6) is 0 Å². The van der Waals surface area contributed by atoms with Crippen molar-refractivity contribution in [2.24, 2.45) is 0 Å². The molecule has 0 N–H and O–H groups in total. The molecule has 2 aromatic carbocycles. The second-order valence-corrected chi connectivity index (χ2v) is 4.30. The maximum atomic E-state index is 12.6. The molecule has 0 aromatic heterocycles. The van der Waals surface area contributed by atoms with E-state index >= 15 is 0 Å². The SMILES string of the molecule is Cc1ccccc1Cc1cccc(C(F)(F)F)c1. The lowest BCUT2D eigenvalue weighted by molar-refractivity contribution is -0.137. The van der Waals surface area contributed by atoms with Crippen LogP contribution in [0, 0.1) is 6.92 Å². The van der Waals surface area contributed by atoms with Gasteiger partial charge < -0.3 is 0 Å². The van der Waals surface area contributed by atoms with Crippen molar-refractivity contribution >= 4 is 0 Å². The highest BCUT2D eigenvalue weighted by molar-refractivity contribution is 5.34. The molecule has 0 fully saturated rings. The van der Waals surface area contributed by atoms with Crippen molar-refractivity contribution in [1.82, 2.24) is 0 Å². The lowest BCUT2D eigenvalue weighted by Crippen LogP contribution is -2.05. The molecule has 18 heavy (non-hydrogen) atoms. The Labute approximate surface area is 104 Å². The Hall–Kier alpha value is -1.77. The van der Waals surface area contributed by atoms with Gasteiger partial charge >= 0.3 is 6.18 Å². The first-order valence-corrected chi connectivity index (χ1v) is 5.67. The molecule has 0 saturated heterocycles. The van der Waals surface area contributed by atoms with Crippen LogP contribution in [0.1, 0.15) is 22.3 Å². The Balaban J connectivity index is 2.28. The van der Waals surface area contributed by atoms with Gasteiger partial charge in [0, 0.05) is 0 Å². The zero-order chi connectivity index (χ0) is 13.2. The van der Waals surface area contributed by atoms with Crippen LogP contribution in [0.3, 0.4) is 0 Å². The van der Waals surface area contributed by atoms with Crippen molar-refractivity contribution < 1.29 is 13.2 Å². The van der Waals surface area contributed by atoms with Gasteiger partial charge in [0.25, 0.3) is 0 Å². The number of alkyl halides is 3. The van der Waals surface area contributed by atoms with Crippen LogP contribution in [0.4, 0.5) is 13.2 Å². The lowest BCUT2D eigenvalue weighted by atomic mass is 9.99. The van der Waals surface area contributed by atoms with E-state index in [0.717, 1.165) is 17.2 Å². The second kappa shape index (κ2) is 4.84. The Bertz CT molecular complexity index is 541. The quantitative estimate of drug-likeness (QED) is 0.730. The number of rotatable bonds is 2. The molecular formula is C15H13F3. The Kier molecular flexibility index (Phi) is 3.41. The fourth-order valence-electron chi connectivity index (χ4n) is 1.89. The van der Waals surface area contributed by atoms with E-state index < -0.39 is 11.7 Å². The highest BCUT2D eigenvalue weighted by Crippen LogP contribution is 2.30. The van der Waals surface area contributed by atoms with Gasteiger partial charge in [-0.15, -0.1) is 0 Å². The first-order chi connectivity index (χ1) is 8.47. The van der Waals surface area contributed by atoms with Crippen LogP contribution in [-0.2, 0) is 12.6 Å². The minimum atomic E-state index is -4.28. The fourth-order valence-corrected chi connectivity index (χ4v) is 1.89. The number of halogens is 3. The molecule has 0 atom stereocenters. The van der Waals surface area contributed by atoms with Gasteiger partial charge in [-0.1, -0.05) is 42.5 Å². The Morgan fingerprint density at radius 2 is 1.67 bits per heavy atom. The van der Waals surface area contributed by atoms with Crippen LogP contribution in [-0.4, -0.2) is 0 Å². The molecule has 0 spiro atoms.